The van der Waals surface area contributed by atoms with Gasteiger partial charge in [0.25, 0.3) is 0 Å². The summed E-state index contributed by atoms with van der Waals surface area (Å²) in [6, 6.07) is -2.64. The second kappa shape index (κ2) is 16.8. The monoisotopic (exact) mass is 413 g/mol. The molecule has 0 bridgehead atoms. The van der Waals surface area contributed by atoms with Crippen molar-refractivity contribution in [2.75, 3.05) is 0 Å². The van der Waals surface area contributed by atoms with Crippen molar-refractivity contribution < 1.29 is 24.9 Å². The fourth-order valence-corrected chi connectivity index (χ4v) is 2.90. The van der Waals surface area contributed by atoms with E-state index in [9.17, 15) is 35.2 Å². The lowest BCUT2D eigenvalue weighted by Crippen LogP contribution is -2.41. The van der Waals surface area contributed by atoms with Crippen LogP contribution in [-0.2, 0) is 4.79 Å². The Morgan fingerprint density at radius 2 is 1.38 bits per heavy atom. The number of rotatable bonds is 18. The van der Waals surface area contributed by atoms with Crippen LogP contribution >= 0.6 is 0 Å². The third-order valence-corrected chi connectivity index (χ3v) is 4.64. The van der Waals surface area contributed by atoms with Gasteiger partial charge in [0.1, 0.15) is 12.2 Å². The van der Waals surface area contributed by atoms with E-state index in [0.29, 0.717) is 12.8 Å². The molecule has 0 aromatic rings. The molecule has 0 rings (SSSR count). The Morgan fingerprint density at radius 3 is 1.86 bits per heavy atom. The summed E-state index contributed by atoms with van der Waals surface area (Å²) in [4.78, 5) is 31.2. The van der Waals surface area contributed by atoms with Gasteiger partial charge in [-0.05, 0) is 25.7 Å². The molecule has 4 unspecified atom stereocenters. The molecule has 29 heavy (non-hydrogen) atoms. The lowest BCUT2D eigenvalue weighted by atomic mass is 9.96. The van der Waals surface area contributed by atoms with Gasteiger partial charge in [-0.15, -0.1) is 0 Å². The third kappa shape index (κ3) is 12.8. The van der Waals surface area contributed by atoms with Crippen molar-refractivity contribution in [3.63, 3.8) is 0 Å². The lowest BCUT2D eigenvalue weighted by molar-refractivity contribution is -0.542. The van der Waals surface area contributed by atoms with Gasteiger partial charge in [-0.1, -0.05) is 44.1 Å². The van der Waals surface area contributed by atoms with E-state index in [4.69, 9.17) is 0 Å². The summed E-state index contributed by atoms with van der Waals surface area (Å²) in [5, 5.41) is 42.7. The van der Waals surface area contributed by atoms with Crippen LogP contribution in [0.25, 0.3) is 0 Å². The highest BCUT2D eigenvalue weighted by molar-refractivity contribution is 5.50. The minimum atomic E-state index is -1.48. The molecule has 9 heteroatoms. The van der Waals surface area contributed by atoms with E-state index in [1.54, 1.807) is 24.3 Å². The van der Waals surface area contributed by atoms with Crippen molar-refractivity contribution in [3.05, 3.63) is 44.5 Å². The highest BCUT2D eigenvalue weighted by Gasteiger charge is 2.36. The number of hydrogen-bond donors (Lipinski definition) is 2. The lowest BCUT2D eigenvalue weighted by Gasteiger charge is -2.20. The molecule has 0 aliphatic heterocycles. The fourth-order valence-electron chi connectivity index (χ4n) is 2.90. The Morgan fingerprint density at radius 1 is 0.862 bits per heavy atom. The van der Waals surface area contributed by atoms with Crippen LogP contribution < -0.4 is 0 Å². The second-order valence-electron chi connectivity index (χ2n) is 7.00. The molecule has 2 N–H and O–H groups in total. The van der Waals surface area contributed by atoms with E-state index in [2.05, 4.69) is 0 Å². The van der Waals surface area contributed by atoms with E-state index >= 15 is 0 Å². The van der Waals surface area contributed by atoms with Gasteiger partial charge in [-0.25, -0.2) is 0 Å². The van der Waals surface area contributed by atoms with Crippen LogP contribution in [0.1, 0.15) is 71.1 Å². The second-order valence-corrected chi connectivity index (χ2v) is 7.00. The summed E-state index contributed by atoms with van der Waals surface area (Å²) in [5.41, 5.74) is 0. The van der Waals surface area contributed by atoms with Crippen molar-refractivity contribution >= 4 is 6.29 Å². The smallest absolute Gasteiger partial charge is 0.242 e. The van der Waals surface area contributed by atoms with Crippen molar-refractivity contribution in [2.45, 2.75) is 95.4 Å². The van der Waals surface area contributed by atoms with Gasteiger partial charge in [0, 0.05) is 35.5 Å². The number of nitro groups is 2. The Kier molecular flexibility index (Phi) is 15.6. The number of unbranched alkanes of at least 4 members (excludes halogenated alkanes) is 5. The van der Waals surface area contributed by atoms with Gasteiger partial charge in [0.05, 0.1) is 0 Å². The SMILES string of the molecule is CC/C=C\CC(C(O)CC(O)C(C/C=C\CCCCCC[C]=O)[N+](=O)[O-])[N+](=O)[O-]. The molecule has 0 fully saturated rings. The predicted octanol–water partition coefficient (Wildman–Crippen LogP) is 3.14. The zero-order chi connectivity index (χ0) is 22.1. The number of aliphatic hydroxyl groups is 2. The van der Waals surface area contributed by atoms with Gasteiger partial charge in [-0.3, -0.25) is 25.0 Å². The molecule has 0 saturated heterocycles. The summed E-state index contributed by atoms with van der Waals surface area (Å²) < 4.78 is 0. The highest BCUT2D eigenvalue weighted by Crippen LogP contribution is 2.16. The van der Waals surface area contributed by atoms with Crippen LogP contribution in [-0.4, -0.2) is 50.6 Å². The topological polar surface area (TPSA) is 144 Å². The molecular weight excluding hydrogens is 380 g/mol. The Balaban J connectivity index is 4.52. The van der Waals surface area contributed by atoms with Gasteiger partial charge >= 0.3 is 0 Å². The molecule has 0 aliphatic rings. The molecule has 9 nitrogen and oxygen atoms in total. The average Bonchev–Trinajstić information content (AvgIpc) is 2.65. The van der Waals surface area contributed by atoms with Crippen LogP contribution in [0.2, 0.25) is 0 Å². The Labute approximate surface area is 171 Å². The van der Waals surface area contributed by atoms with Crippen molar-refractivity contribution in [2.24, 2.45) is 0 Å². The van der Waals surface area contributed by atoms with Crippen molar-refractivity contribution in [1.29, 1.82) is 0 Å². The molecule has 0 heterocycles. The molecule has 4 atom stereocenters. The Hall–Kier alpha value is -2.13. The summed E-state index contributed by atoms with van der Waals surface area (Å²) >= 11 is 0. The van der Waals surface area contributed by atoms with Crippen molar-refractivity contribution in [3.8, 4) is 0 Å². The number of carbonyl (C=O) groups excluding carboxylic acids is 1. The van der Waals surface area contributed by atoms with Gasteiger partial charge in [0.15, 0.2) is 6.29 Å². The van der Waals surface area contributed by atoms with Gasteiger partial charge < -0.3 is 10.2 Å². The number of allylic oxidation sites excluding steroid dienone is 2. The van der Waals surface area contributed by atoms with E-state index in [0.717, 1.165) is 32.1 Å². The van der Waals surface area contributed by atoms with Crippen molar-refractivity contribution in [1.82, 2.24) is 0 Å². The minimum absolute atomic E-state index is 0.00262. The Bertz CT molecular complexity index is 537. The van der Waals surface area contributed by atoms with E-state index in [1.165, 1.54) is 0 Å². The van der Waals surface area contributed by atoms with Crippen LogP contribution in [0.3, 0.4) is 0 Å². The summed E-state index contributed by atoms with van der Waals surface area (Å²) in [5.74, 6) is 0. The molecule has 0 saturated carbocycles. The van der Waals surface area contributed by atoms with Crippen LogP contribution in [0.15, 0.2) is 24.3 Å². The number of aliphatic hydroxyl groups excluding tert-OH is 2. The number of nitrogens with zero attached hydrogens (tertiary/aromatic N) is 2. The minimum Gasteiger partial charge on any atom is -0.386 e. The molecular formula is C20H33N2O7. The summed E-state index contributed by atoms with van der Waals surface area (Å²) in [7, 11) is 0. The first-order valence-electron chi connectivity index (χ1n) is 10.1. The van der Waals surface area contributed by atoms with Crippen LogP contribution in [0, 0.1) is 20.2 Å². The average molecular weight is 413 g/mol. The zero-order valence-electron chi connectivity index (χ0n) is 17.0. The van der Waals surface area contributed by atoms with Gasteiger partial charge in [-0.2, -0.15) is 0 Å². The quantitative estimate of drug-likeness (QED) is 0.152. The molecule has 0 spiro atoms. The zero-order valence-corrected chi connectivity index (χ0v) is 17.0. The maximum atomic E-state index is 11.3. The molecule has 165 valence electrons. The van der Waals surface area contributed by atoms with E-state index < -0.39 is 40.6 Å². The standard InChI is InChI=1S/C20H33N2O7/c1-2-3-10-13-17(21(26)27)19(24)16-20(25)18(22(28)29)14-11-8-6-4-5-7-9-12-15-23/h3,8,10-11,17-20,24-25H,2,4-7,9,12-14,16H2,1H3/b10-3-,11-8-. The maximum Gasteiger partial charge on any atom is 0.242 e. The first kappa shape index (κ1) is 26.9. The maximum absolute atomic E-state index is 11.3. The van der Waals surface area contributed by atoms with Gasteiger partial charge in [0.2, 0.25) is 12.1 Å². The normalized spacial score (nSPS) is 16.0. The summed E-state index contributed by atoms with van der Waals surface area (Å²) in [6.45, 7) is 1.87. The van der Waals surface area contributed by atoms with E-state index in [1.807, 2.05) is 13.2 Å². The van der Waals surface area contributed by atoms with Crippen LogP contribution in [0.5, 0.6) is 0 Å². The summed E-state index contributed by atoms with van der Waals surface area (Å²) in [6.07, 6.45) is 10.7. The predicted molar refractivity (Wildman–Crippen MR) is 109 cm³/mol. The first-order chi connectivity index (χ1) is 13.8. The third-order valence-electron chi connectivity index (χ3n) is 4.64. The molecule has 0 amide bonds. The fraction of sp³-hybridized carbons (Fsp3) is 0.750. The first-order valence-corrected chi connectivity index (χ1v) is 10.1. The molecule has 0 aromatic carbocycles. The molecule has 1 radical (unpaired) electrons. The number of hydrogen-bond acceptors (Lipinski definition) is 7. The van der Waals surface area contributed by atoms with Crippen LogP contribution in [0.4, 0.5) is 0 Å². The molecule has 0 aliphatic carbocycles. The van der Waals surface area contributed by atoms with E-state index in [-0.39, 0.29) is 12.8 Å². The molecule has 0 aromatic heterocycles. The largest absolute Gasteiger partial charge is 0.386 e. The highest BCUT2D eigenvalue weighted by atomic mass is 16.6.